The van der Waals surface area contributed by atoms with E-state index < -0.39 is 5.91 Å². The first-order valence-electron chi connectivity index (χ1n) is 6.32. The van der Waals surface area contributed by atoms with Crippen molar-refractivity contribution in [3.8, 4) is 0 Å². The lowest BCUT2D eigenvalue weighted by molar-refractivity contribution is -0.118. The maximum atomic E-state index is 12.3. The summed E-state index contributed by atoms with van der Waals surface area (Å²) in [5.41, 5.74) is 6.14. The van der Waals surface area contributed by atoms with Gasteiger partial charge in [0.2, 0.25) is 5.91 Å². The summed E-state index contributed by atoms with van der Waals surface area (Å²) < 4.78 is 5.11. The van der Waals surface area contributed by atoms with E-state index >= 15 is 0 Å². The van der Waals surface area contributed by atoms with E-state index in [1.54, 1.807) is 17.0 Å². The normalized spacial score (nSPS) is 10.2. The molecule has 0 unspecified atom stereocenters. The van der Waals surface area contributed by atoms with Gasteiger partial charge in [-0.2, -0.15) is 0 Å². The van der Waals surface area contributed by atoms with E-state index in [1.165, 1.54) is 6.26 Å². The fourth-order valence-corrected chi connectivity index (χ4v) is 1.86. The summed E-state index contributed by atoms with van der Waals surface area (Å²) in [5, 5.41) is 0. The van der Waals surface area contributed by atoms with E-state index in [9.17, 15) is 9.59 Å². The molecule has 1 aromatic heterocycles. The summed E-state index contributed by atoms with van der Waals surface area (Å²) in [4.78, 5) is 24.8. The molecule has 0 spiro atoms. The topological polar surface area (TPSA) is 76.5 Å². The Bertz CT molecular complexity index is 564. The molecule has 2 rings (SSSR count). The molecule has 0 aliphatic carbocycles. The number of nitrogens with two attached hydrogens (primary N) is 1. The minimum atomic E-state index is -0.435. The fraction of sp³-hybridized carbons (Fsp3) is 0.200. The minimum Gasteiger partial charge on any atom is -0.459 e. The molecule has 2 amide bonds. The van der Waals surface area contributed by atoms with E-state index in [-0.39, 0.29) is 24.6 Å². The highest BCUT2D eigenvalue weighted by Crippen LogP contribution is 2.11. The van der Waals surface area contributed by atoms with Crippen molar-refractivity contribution in [2.24, 2.45) is 5.73 Å². The number of furan rings is 1. The first kappa shape index (κ1) is 13.9. The number of amides is 2. The van der Waals surface area contributed by atoms with Crippen molar-refractivity contribution < 1.29 is 14.0 Å². The van der Waals surface area contributed by atoms with E-state index in [2.05, 4.69) is 0 Å². The Morgan fingerprint density at radius 2 is 1.85 bits per heavy atom. The lowest BCUT2D eigenvalue weighted by atomic mass is 10.2. The van der Waals surface area contributed by atoms with Crippen molar-refractivity contribution in [1.29, 1.82) is 0 Å². The molecule has 0 radical (unpaired) electrons. The van der Waals surface area contributed by atoms with Crippen molar-refractivity contribution in [1.82, 2.24) is 4.90 Å². The Balaban J connectivity index is 2.12. The van der Waals surface area contributed by atoms with Crippen LogP contribution in [0.2, 0.25) is 0 Å². The highest BCUT2D eigenvalue weighted by molar-refractivity contribution is 5.91. The lowest BCUT2D eigenvalue weighted by Gasteiger charge is -2.21. The van der Waals surface area contributed by atoms with Crippen LogP contribution in [0.1, 0.15) is 22.5 Å². The summed E-state index contributed by atoms with van der Waals surface area (Å²) in [6.45, 7) is 0.678. The minimum absolute atomic E-state index is 0.124. The zero-order chi connectivity index (χ0) is 14.4. The van der Waals surface area contributed by atoms with Gasteiger partial charge in [0, 0.05) is 19.5 Å². The van der Waals surface area contributed by atoms with Crippen molar-refractivity contribution >= 4 is 11.8 Å². The first-order valence-corrected chi connectivity index (χ1v) is 6.32. The largest absolute Gasteiger partial charge is 0.459 e. The Morgan fingerprint density at radius 3 is 2.45 bits per heavy atom. The van der Waals surface area contributed by atoms with E-state index in [1.807, 2.05) is 30.3 Å². The average molecular weight is 272 g/mol. The Morgan fingerprint density at radius 1 is 1.10 bits per heavy atom. The fourth-order valence-electron chi connectivity index (χ4n) is 1.86. The van der Waals surface area contributed by atoms with Crippen LogP contribution < -0.4 is 5.73 Å². The molecule has 20 heavy (non-hydrogen) atoms. The van der Waals surface area contributed by atoms with Gasteiger partial charge >= 0.3 is 0 Å². The van der Waals surface area contributed by atoms with Gasteiger partial charge in [-0.1, -0.05) is 30.3 Å². The number of benzene rings is 1. The zero-order valence-corrected chi connectivity index (χ0v) is 11.0. The number of carbonyl (C=O) groups excluding carboxylic acids is 2. The highest BCUT2D eigenvalue weighted by Gasteiger charge is 2.18. The van der Waals surface area contributed by atoms with Crippen LogP contribution in [0, 0.1) is 0 Å². The van der Waals surface area contributed by atoms with Crippen molar-refractivity contribution in [3.05, 3.63) is 60.1 Å². The summed E-state index contributed by atoms with van der Waals surface area (Å²) in [6, 6.07) is 12.8. The first-order chi connectivity index (χ1) is 9.66. The van der Waals surface area contributed by atoms with Gasteiger partial charge in [-0.25, -0.2) is 0 Å². The number of hydrogen-bond donors (Lipinski definition) is 1. The Hall–Kier alpha value is -2.56. The van der Waals surface area contributed by atoms with E-state index in [0.717, 1.165) is 5.56 Å². The molecule has 0 atom stereocenters. The highest BCUT2D eigenvalue weighted by atomic mass is 16.3. The molecule has 0 saturated heterocycles. The number of rotatable bonds is 6. The molecular formula is C15H16N2O3. The molecule has 5 heteroatoms. The van der Waals surface area contributed by atoms with Crippen molar-refractivity contribution in [3.63, 3.8) is 0 Å². The second-order valence-corrected chi connectivity index (χ2v) is 4.41. The zero-order valence-electron chi connectivity index (χ0n) is 11.0. The predicted octanol–water partition coefficient (Wildman–Crippen LogP) is 1.80. The summed E-state index contributed by atoms with van der Waals surface area (Å²) >= 11 is 0. The van der Waals surface area contributed by atoms with Gasteiger partial charge in [-0.15, -0.1) is 0 Å². The Labute approximate surface area is 117 Å². The number of carbonyl (C=O) groups is 2. The second-order valence-electron chi connectivity index (χ2n) is 4.41. The molecule has 5 nitrogen and oxygen atoms in total. The van der Waals surface area contributed by atoms with Crippen molar-refractivity contribution in [2.45, 2.75) is 13.0 Å². The molecule has 0 aliphatic rings. The summed E-state index contributed by atoms with van der Waals surface area (Å²) in [5.74, 6) is -0.430. The molecule has 104 valence electrons. The summed E-state index contributed by atoms with van der Waals surface area (Å²) in [6.07, 6.45) is 1.57. The van der Waals surface area contributed by atoms with Gasteiger partial charge in [0.25, 0.3) is 5.91 Å². The van der Waals surface area contributed by atoms with E-state index in [4.69, 9.17) is 10.2 Å². The standard InChI is InChI=1S/C15H16N2O3/c16-14(18)8-9-17(11-12-5-2-1-3-6-12)15(19)13-7-4-10-20-13/h1-7,10H,8-9,11H2,(H2,16,18). The van der Waals surface area contributed by atoms with Gasteiger partial charge in [-0.05, 0) is 17.7 Å². The van der Waals surface area contributed by atoms with Crippen LogP contribution in [0.3, 0.4) is 0 Å². The van der Waals surface area contributed by atoms with Gasteiger partial charge in [-0.3, -0.25) is 9.59 Å². The van der Waals surface area contributed by atoms with Gasteiger partial charge < -0.3 is 15.1 Å². The molecule has 0 fully saturated rings. The quantitative estimate of drug-likeness (QED) is 0.871. The van der Waals surface area contributed by atoms with E-state index in [0.29, 0.717) is 6.54 Å². The van der Waals surface area contributed by atoms with Crippen LogP contribution >= 0.6 is 0 Å². The number of primary amides is 1. The predicted molar refractivity (Wildman–Crippen MR) is 73.7 cm³/mol. The maximum absolute atomic E-state index is 12.3. The molecule has 2 aromatic rings. The molecule has 1 aromatic carbocycles. The SMILES string of the molecule is NC(=O)CCN(Cc1ccccc1)C(=O)c1ccco1. The average Bonchev–Trinajstić information content (AvgIpc) is 2.97. The van der Waals surface area contributed by atoms with Crippen LogP contribution in [-0.2, 0) is 11.3 Å². The summed E-state index contributed by atoms with van der Waals surface area (Å²) in [7, 11) is 0. The van der Waals surface area contributed by atoms with Crippen LogP contribution in [0.15, 0.2) is 53.1 Å². The monoisotopic (exact) mass is 272 g/mol. The molecule has 2 N–H and O–H groups in total. The van der Waals surface area contributed by atoms with Crippen LogP contribution in [0.5, 0.6) is 0 Å². The molecular weight excluding hydrogens is 256 g/mol. The van der Waals surface area contributed by atoms with Crippen LogP contribution in [0.4, 0.5) is 0 Å². The second kappa shape index (κ2) is 6.56. The third-order valence-electron chi connectivity index (χ3n) is 2.86. The Kier molecular flexibility index (Phi) is 4.55. The van der Waals surface area contributed by atoms with Crippen LogP contribution in [-0.4, -0.2) is 23.3 Å². The van der Waals surface area contributed by atoms with Crippen molar-refractivity contribution in [2.75, 3.05) is 6.54 Å². The third kappa shape index (κ3) is 3.71. The molecule has 0 aliphatic heterocycles. The molecule has 0 saturated carbocycles. The number of nitrogens with zero attached hydrogens (tertiary/aromatic N) is 1. The maximum Gasteiger partial charge on any atom is 0.289 e. The molecule has 1 heterocycles. The third-order valence-corrected chi connectivity index (χ3v) is 2.86. The van der Waals surface area contributed by atoms with Gasteiger partial charge in [0.15, 0.2) is 5.76 Å². The molecule has 0 bridgehead atoms. The smallest absolute Gasteiger partial charge is 0.289 e. The van der Waals surface area contributed by atoms with Gasteiger partial charge in [0.1, 0.15) is 0 Å². The van der Waals surface area contributed by atoms with Crippen LogP contribution in [0.25, 0.3) is 0 Å². The lowest BCUT2D eigenvalue weighted by Crippen LogP contribution is -2.33. The van der Waals surface area contributed by atoms with Gasteiger partial charge in [0.05, 0.1) is 6.26 Å². The number of hydrogen-bond acceptors (Lipinski definition) is 3.